The van der Waals surface area contributed by atoms with E-state index in [1.54, 1.807) is 24.3 Å². The number of aromatic amines is 1. The highest BCUT2D eigenvalue weighted by molar-refractivity contribution is 5.78. The molecule has 1 aromatic heterocycles. The number of rotatable bonds is 5. The lowest BCUT2D eigenvalue weighted by Crippen LogP contribution is -2.21. The van der Waals surface area contributed by atoms with Gasteiger partial charge in [-0.05, 0) is 12.1 Å². The third kappa shape index (κ3) is 3.95. The minimum absolute atomic E-state index is 0.108. The topological polar surface area (TPSA) is 67.0 Å². The molecule has 0 amide bonds. The Morgan fingerprint density at radius 2 is 2.05 bits per heavy atom. The number of aromatic nitrogens is 2. The zero-order chi connectivity index (χ0) is 14.6. The van der Waals surface area contributed by atoms with Gasteiger partial charge in [-0.15, -0.1) is 0 Å². The van der Waals surface area contributed by atoms with Crippen molar-refractivity contribution in [1.29, 1.82) is 0 Å². The minimum atomic E-state index is -4.34. The molecule has 0 aliphatic heterocycles. The first-order valence-corrected chi connectivity index (χ1v) is 5.83. The lowest BCUT2D eigenvalue weighted by molar-refractivity contribution is -0.172. The van der Waals surface area contributed by atoms with E-state index in [4.69, 9.17) is 0 Å². The number of halogens is 3. The van der Waals surface area contributed by atoms with Gasteiger partial charge in [0.1, 0.15) is 6.61 Å². The van der Waals surface area contributed by atoms with Gasteiger partial charge in [-0.1, -0.05) is 12.1 Å². The Morgan fingerprint density at radius 1 is 1.30 bits per heavy atom. The van der Waals surface area contributed by atoms with E-state index in [0.29, 0.717) is 10.9 Å². The summed E-state index contributed by atoms with van der Waals surface area (Å²) in [7, 11) is 0. The summed E-state index contributed by atoms with van der Waals surface area (Å²) < 4.78 is 39.9. The third-order valence-corrected chi connectivity index (χ3v) is 2.42. The molecule has 0 radical (unpaired) electrons. The highest BCUT2D eigenvalue weighted by Crippen LogP contribution is 2.14. The molecular weight excluding hydrogens is 275 g/mol. The quantitative estimate of drug-likeness (QED) is 0.824. The van der Waals surface area contributed by atoms with Gasteiger partial charge in [0, 0.05) is 6.54 Å². The molecule has 0 unspecified atom stereocenters. The Bertz CT molecular complexity index is 640. The van der Waals surface area contributed by atoms with Crippen molar-refractivity contribution in [1.82, 2.24) is 9.97 Å². The van der Waals surface area contributed by atoms with E-state index in [9.17, 15) is 18.0 Å². The normalized spacial score (nSPS) is 11.8. The van der Waals surface area contributed by atoms with Gasteiger partial charge in [-0.2, -0.15) is 13.2 Å². The fourth-order valence-electron chi connectivity index (χ4n) is 1.60. The van der Waals surface area contributed by atoms with Gasteiger partial charge in [-0.25, -0.2) is 4.98 Å². The van der Waals surface area contributed by atoms with Crippen LogP contribution in [0.15, 0.2) is 29.1 Å². The molecular formula is C12H12F3N3O2. The fourth-order valence-corrected chi connectivity index (χ4v) is 1.60. The standard InChI is InChI=1S/C12H12F3N3O2/c13-12(14,15)7-20-6-5-16-11-17-9-4-2-1-3-8(9)10(19)18-11/h1-4H,5-7H2,(H2,16,17,18,19). The smallest absolute Gasteiger partial charge is 0.370 e. The number of nitrogens with zero attached hydrogens (tertiary/aromatic N) is 1. The van der Waals surface area contributed by atoms with Crippen LogP contribution in [-0.2, 0) is 4.74 Å². The summed E-state index contributed by atoms with van der Waals surface area (Å²) in [6.45, 7) is -1.33. The molecule has 1 aromatic carbocycles. The molecule has 0 spiro atoms. The molecule has 0 saturated carbocycles. The molecule has 0 bridgehead atoms. The summed E-state index contributed by atoms with van der Waals surface area (Å²) >= 11 is 0. The Morgan fingerprint density at radius 3 is 2.80 bits per heavy atom. The number of fused-ring (bicyclic) bond motifs is 1. The summed E-state index contributed by atoms with van der Waals surface area (Å²) in [5, 5.41) is 3.16. The summed E-state index contributed by atoms with van der Waals surface area (Å²) in [6.07, 6.45) is -4.34. The SMILES string of the molecule is O=c1[nH]c(NCCOCC(F)(F)F)nc2ccccc12. The number of para-hydroxylation sites is 1. The third-order valence-electron chi connectivity index (χ3n) is 2.42. The number of alkyl halides is 3. The Balaban J connectivity index is 1.92. The van der Waals surface area contributed by atoms with Crippen molar-refractivity contribution in [3.8, 4) is 0 Å². The van der Waals surface area contributed by atoms with Gasteiger partial charge < -0.3 is 10.1 Å². The Labute approximate surface area is 111 Å². The summed E-state index contributed by atoms with van der Waals surface area (Å²) in [4.78, 5) is 18.3. The zero-order valence-corrected chi connectivity index (χ0v) is 10.3. The van der Waals surface area contributed by atoms with Crippen LogP contribution in [-0.4, -0.2) is 35.9 Å². The van der Waals surface area contributed by atoms with E-state index >= 15 is 0 Å². The van der Waals surface area contributed by atoms with Gasteiger partial charge in [-0.3, -0.25) is 9.78 Å². The Kier molecular flexibility index (Phi) is 4.23. The maximum absolute atomic E-state index is 11.8. The lowest BCUT2D eigenvalue weighted by atomic mass is 10.2. The van der Waals surface area contributed by atoms with Crippen molar-refractivity contribution >= 4 is 16.9 Å². The number of hydrogen-bond donors (Lipinski definition) is 2. The number of hydrogen-bond acceptors (Lipinski definition) is 4. The predicted octanol–water partition coefficient (Wildman–Crippen LogP) is 1.91. The number of anilines is 1. The second-order valence-corrected chi connectivity index (χ2v) is 4.03. The summed E-state index contributed by atoms with van der Waals surface area (Å²) in [5.41, 5.74) is 0.198. The minimum Gasteiger partial charge on any atom is -0.370 e. The maximum atomic E-state index is 11.8. The monoisotopic (exact) mass is 287 g/mol. The molecule has 2 aromatic rings. The molecule has 0 aliphatic carbocycles. The van der Waals surface area contributed by atoms with Gasteiger partial charge in [0.2, 0.25) is 5.95 Å². The summed E-state index contributed by atoms with van der Waals surface area (Å²) in [6, 6.07) is 6.77. The molecule has 0 saturated heterocycles. The zero-order valence-electron chi connectivity index (χ0n) is 10.3. The van der Waals surface area contributed by atoms with E-state index in [2.05, 4.69) is 20.0 Å². The van der Waals surface area contributed by atoms with Crippen molar-refractivity contribution in [3.05, 3.63) is 34.6 Å². The number of ether oxygens (including phenoxy) is 1. The van der Waals surface area contributed by atoms with Crippen molar-refractivity contribution < 1.29 is 17.9 Å². The molecule has 0 fully saturated rings. The first kappa shape index (κ1) is 14.3. The first-order valence-electron chi connectivity index (χ1n) is 5.83. The van der Waals surface area contributed by atoms with Crippen LogP contribution >= 0.6 is 0 Å². The molecule has 0 atom stereocenters. The second kappa shape index (κ2) is 5.91. The highest BCUT2D eigenvalue weighted by Gasteiger charge is 2.27. The van der Waals surface area contributed by atoms with E-state index in [1.807, 2.05) is 0 Å². The predicted molar refractivity (Wildman–Crippen MR) is 67.7 cm³/mol. The van der Waals surface area contributed by atoms with Crippen LogP contribution in [0, 0.1) is 0 Å². The van der Waals surface area contributed by atoms with Gasteiger partial charge >= 0.3 is 6.18 Å². The molecule has 0 aliphatic rings. The van der Waals surface area contributed by atoms with Crippen LogP contribution in [0.3, 0.4) is 0 Å². The maximum Gasteiger partial charge on any atom is 0.411 e. The van der Waals surface area contributed by atoms with E-state index in [-0.39, 0.29) is 24.7 Å². The summed E-state index contributed by atoms with van der Waals surface area (Å²) in [5.74, 6) is 0.198. The van der Waals surface area contributed by atoms with Crippen LogP contribution in [0.1, 0.15) is 0 Å². The fraction of sp³-hybridized carbons (Fsp3) is 0.333. The molecule has 20 heavy (non-hydrogen) atoms. The van der Waals surface area contributed by atoms with Crippen molar-refractivity contribution in [2.45, 2.75) is 6.18 Å². The first-order chi connectivity index (χ1) is 9.46. The molecule has 2 N–H and O–H groups in total. The van der Waals surface area contributed by atoms with Crippen molar-refractivity contribution in [2.24, 2.45) is 0 Å². The van der Waals surface area contributed by atoms with Crippen LogP contribution in [0.25, 0.3) is 10.9 Å². The molecule has 5 nitrogen and oxygen atoms in total. The number of H-pyrrole nitrogens is 1. The van der Waals surface area contributed by atoms with Gasteiger partial charge in [0.15, 0.2) is 0 Å². The van der Waals surface area contributed by atoms with E-state index in [1.165, 1.54) is 0 Å². The Hall–Kier alpha value is -2.09. The molecule has 2 rings (SSSR count). The van der Waals surface area contributed by atoms with E-state index < -0.39 is 12.8 Å². The molecule has 1 heterocycles. The highest BCUT2D eigenvalue weighted by atomic mass is 19.4. The van der Waals surface area contributed by atoms with Crippen LogP contribution < -0.4 is 10.9 Å². The molecule has 8 heteroatoms. The number of benzene rings is 1. The van der Waals surface area contributed by atoms with Crippen LogP contribution in [0.5, 0.6) is 0 Å². The number of nitrogens with one attached hydrogen (secondary N) is 2. The van der Waals surface area contributed by atoms with Crippen LogP contribution in [0.2, 0.25) is 0 Å². The second-order valence-electron chi connectivity index (χ2n) is 4.03. The van der Waals surface area contributed by atoms with Crippen molar-refractivity contribution in [2.75, 3.05) is 25.1 Å². The van der Waals surface area contributed by atoms with Crippen LogP contribution in [0.4, 0.5) is 19.1 Å². The van der Waals surface area contributed by atoms with Gasteiger partial charge in [0.05, 0.1) is 17.5 Å². The molecule has 108 valence electrons. The van der Waals surface area contributed by atoms with Crippen molar-refractivity contribution in [3.63, 3.8) is 0 Å². The van der Waals surface area contributed by atoms with Gasteiger partial charge in [0.25, 0.3) is 5.56 Å². The average molecular weight is 287 g/mol. The lowest BCUT2D eigenvalue weighted by Gasteiger charge is -2.09. The average Bonchev–Trinajstić information content (AvgIpc) is 2.37. The largest absolute Gasteiger partial charge is 0.411 e. The van der Waals surface area contributed by atoms with E-state index in [0.717, 1.165) is 0 Å².